The monoisotopic (exact) mass is 295 g/mol. The summed E-state index contributed by atoms with van der Waals surface area (Å²) in [5, 5.41) is 3.52. The Labute approximate surface area is 120 Å². The SMILES string of the molecule is CCNc1nc(Sc2cc(C)cc(C)n2)c(F)cc1F. The van der Waals surface area contributed by atoms with Gasteiger partial charge in [-0.15, -0.1) is 0 Å². The molecule has 106 valence electrons. The van der Waals surface area contributed by atoms with Gasteiger partial charge >= 0.3 is 0 Å². The van der Waals surface area contributed by atoms with Gasteiger partial charge < -0.3 is 5.32 Å². The summed E-state index contributed by atoms with van der Waals surface area (Å²) < 4.78 is 27.3. The second-order valence-electron chi connectivity index (χ2n) is 4.36. The fraction of sp³-hybridized carbons (Fsp3) is 0.286. The molecular formula is C14H15F2N3S. The lowest BCUT2D eigenvalue weighted by Gasteiger charge is -2.08. The minimum atomic E-state index is -0.693. The van der Waals surface area contributed by atoms with E-state index in [9.17, 15) is 8.78 Å². The van der Waals surface area contributed by atoms with Crippen molar-refractivity contribution in [3.05, 3.63) is 41.1 Å². The molecule has 2 aromatic heterocycles. The molecule has 0 spiro atoms. The second-order valence-corrected chi connectivity index (χ2v) is 5.37. The minimum Gasteiger partial charge on any atom is -0.368 e. The van der Waals surface area contributed by atoms with Gasteiger partial charge in [-0.1, -0.05) is 0 Å². The fourth-order valence-corrected chi connectivity index (χ4v) is 2.69. The summed E-state index contributed by atoms with van der Waals surface area (Å²) in [7, 11) is 0. The number of halogens is 2. The van der Waals surface area contributed by atoms with E-state index in [1.807, 2.05) is 32.9 Å². The summed E-state index contributed by atoms with van der Waals surface area (Å²) in [6.45, 7) is 6.15. The van der Waals surface area contributed by atoms with Crippen molar-refractivity contribution in [2.24, 2.45) is 0 Å². The molecule has 0 saturated heterocycles. The zero-order valence-electron chi connectivity index (χ0n) is 11.5. The molecule has 6 heteroatoms. The first-order valence-electron chi connectivity index (χ1n) is 6.22. The molecule has 0 bridgehead atoms. The third kappa shape index (κ3) is 3.45. The zero-order chi connectivity index (χ0) is 14.7. The lowest BCUT2D eigenvalue weighted by atomic mass is 10.3. The molecule has 2 heterocycles. The van der Waals surface area contributed by atoms with Gasteiger partial charge in [0.25, 0.3) is 0 Å². The van der Waals surface area contributed by atoms with Crippen molar-refractivity contribution in [3.8, 4) is 0 Å². The maximum absolute atomic E-state index is 13.8. The standard InChI is InChI=1S/C14H15F2N3S/c1-4-17-13-10(15)7-11(16)14(19-13)20-12-6-8(2)5-9(3)18-12/h5-7H,4H2,1-3H3,(H,17,19). The molecule has 2 rings (SSSR count). The van der Waals surface area contributed by atoms with E-state index in [-0.39, 0.29) is 10.8 Å². The molecule has 0 aliphatic heterocycles. The molecule has 0 aliphatic rings. The molecule has 2 aromatic rings. The largest absolute Gasteiger partial charge is 0.368 e. The quantitative estimate of drug-likeness (QED) is 0.926. The van der Waals surface area contributed by atoms with Crippen LogP contribution in [0.15, 0.2) is 28.3 Å². The van der Waals surface area contributed by atoms with Crippen molar-refractivity contribution < 1.29 is 8.78 Å². The Bertz CT molecular complexity index is 612. The van der Waals surface area contributed by atoms with Crippen molar-refractivity contribution in [1.29, 1.82) is 0 Å². The van der Waals surface area contributed by atoms with Crippen molar-refractivity contribution in [2.45, 2.75) is 30.8 Å². The highest BCUT2D eigenvalue weighted by Crippen LogP contribution is 2.29. The number of aryl methyl sites for hydroxylation is 2. The predicted octanol–water partition coefficient (Wildman–Crippen LogP) is 3.95. The lowest BCUT2D eigenvalue weighted by molar-refractivity contribution is 0.551. The number of nitrogens with one attached hydrogen (secondary N) is 1. The van der Waals surface area contributed by atoms with Crippen LogP contribution in [-0.2, 0) is 0 Å². The summed E-state index contributed by atoms with van der Waals surface area (Å²) in [4.78, 5) is 8.29. The Morgan fingerprint density at radius 1 is 1.10 bits per heavy atom. The Morgan fingerprint density at radius 2 is 1.85 bits per heavy atom. The first-order valence-corrected chi connectivity index (χ1v) is 7.04. The topological polar surface area (TPSA) is 37.8 Å². The molecule has 0 amide bonds. The van der Waals surface area contributed by atoms with E-state index in [0.29, 0.717) is 11.6 Å². The van der Waals surface area contributed by atoms with E-state index < -0.39 is 11.6 Å². The Kier molecular flexibility index (Phi) is 4.54. The maximum atomic E-state index is 13.8. The highest BCUT2D eigenvalue weighted by molar-refractivity contribution is 7.99. The van der Waals surface area contributed by atoms with E-state index in [2.05, 4.69) is 15.3 Å². The Balaban J connectivity index is 2.34. The van der Waals surface area contributed by atoms with Gasteiger partial charge in [-0.05, 0) is 50.2 Å². The number of anilines is 1. The number of hydrogen-bond acceptors (Lipinski definition) is 4. The molecular weight excluding hydrogens is 280 g/mol. The smallest absolute Gasteiger partial charge is 0.168 e. The van der Waals surface area contributed by atoms with Gasteiger partial charge in [0, 0.05) is 18.3 Å². The van der Waals surface area contributed by atoms with Crippen molar-refractivity contribution >= 4 is 17.6 Å². The molecule has 0 atom stereocenters. The highest BCUT2D eigenvalue weighted by atomic mass is 32.2. The average Bonchev–Trinajstić information content (AvgIpc) is 2.34. The fourth-order valence-electron chi connectivity index (χ4n) is 1.77. The molecule has 20 heavy (non-hydrogen) atoms. The normalized spacial score (nSPS) is 10.7. The Hall–Kier alpha value is -1.69. The van der Waals surface area contributed by atoms with Crippen LogP contribution in [0.2, 0.25) is 0 Å². The molecule has 1 N–H and O–H groups in total. The first kappa shape index (κ1) is 14.7. The minimum absolute atomic E-state index is 0.0563. The van der Waals surface area contributed by atoms with Gasteiger partial charge in [-0.2, -0.15) is 0 Å². The van der Waals surface area contributed by atoms with Crippen molar-refractivity contribution in [3.63, 3.8) is 0 Å². The Morgan fingerprint density at radius 3 is 2.50 bits per heavy atom. The van der Waals surface area contributed by atoms with E-state index in [0.717, 1.165) is 29.1 Å². The molecule has 0 unspecified atom stereocenters. The third-order valence-corrected chi connectivity index (χ3v) is 3.41. The van der Waals surface area contributed by atoms with Crippen LogP contribution in [0.4, 0.5) is 14.6 Å². The number of hydrogen-bond donors (Lipinski definition) is 1. The van der Waals surface area contributed by atoms with E-state index in [4.69, 9.17) is 0 Å². The molecule has 0 saturated carbocycles. The summed E-state index contributed by atoms with van der Waals surface area (Å²) in [5.74, 6) is -1.32. The summed E-state index contributed by atoms with van der Waals surface area (Å²) >= 11 is 1.09. The predicted molar refractivity (Wildman–Crippen MR) is 76.2 cm³/mol. The molecule has 0 radical (unpaired) electrons. The van der Waals surface area contributed by atoms with Gasteiger partial charge in [0.05, 0.1) is 0 Å². The third-order valence-electron chi connectivity index (χ3n) is 2.52. The summed E-state index contributed by atoms with van der Waals surface area (Å²) in [5.41, 5.74) is 1.89. The van der Waals surface area contributed by atoms with Crippen LogP contribution in [0.25, 0.3) is 0 Å². The molecule has 0 aromatic carbocycles. The van der Waals surface area contributed by atoms with Gasteiger partial charge in [0.15, 0.2) is 17.5 Å². The van der Waals surface area contributed by atoms with Crippen LogP contribution in [0.1, 0.15) is 18.2 Å². The van der Waals surface area contributed by atoms with Crippen LogP contribution in [-0.4, -0.2) is 16.5 Å². The zero-order valence-corrected chi connectivity index (χ0v) is 12.3. The van der Waals surface area contributed by atoms with Crippen LogP contribution in [0.3, 0.4) is 0 Å². The number of aromatic nitrogens is 2. The van der Waals surface area contributed by atoms with Crippen LogP contribution < -0.4 is 5.32 Å². The molecule has 0 fully saturated rings. The summed E-state index contributed by atoms with van der Waals surface area (Å²) in [6.07, 6.45) is 0. The number of rotatable bonds is 4. The van der Waals surface area contributed by atoms with Crippen LogP contribution in [0.5, 0.6) is 0 Å². The van der Waals surface area contributed by atoms with Gasteiger partial charge in [0.2, 0.25) is 0 Å². The maximum Gasteiger partial charge on any atom is 0.168 e. The van der Waals surface area contributed by atoms with E-state index in [1.165, 1.54) is 0 Å². The van der Waals surface area contributed by atoms with E-state index >= 15 is 0 Å². The van der Waals surface area contributed by atoms with Gasteiger partial charge in [-0.25, -0.2) is 18.7 Å². The average molecular weight is 295 g/mol. The van der Waals surface area contributed by atoms with Crippen LogP contribution in [0, 0.1) is 25.5 Å². The van der Waals surface area contributed by atoms with Gasteiger partial charge in [-0.3, -0.25) is 0 Å². The van der Waals surface area contributed by atoms with Crippen molar-refractivity contribution in [2.75, 3.05) is 11.9 Å². The van der Waals surface area contributed by atoms with Gasteiger partial charge in [0.1, 0.15) is 10.1 Å². The van der Waals surface area contributed by atoms with E-state index in [1.54, 1.807) is 0 Å². The lowest BCUT2D eigenvalue weighted by Crippen LogP contribution is -2.04. The van der Waals surface area contributed by atoms with Crippen LogP contribution >= 0.6 is 11.8 Å². The number of pyridine rings is 2. The molecule has 3 nitrogen and oxygen atoms in total. The first-order chi connectivity index (χ1) is 9.49. The molecule has 0 aliphatic carbocycles. The second kappa shape index (κ2) is 6.17. The number of nitrogens with zero attached hydrogens (tertiary/aromatic N) is 2. The van der Waals surface area contributed by atoms with Crippen molar-refractivity contribution in [1.82, 2.24) is 9.97 Å². The summed E-state index contributed by atoms with van der Waals surface area (Å²) in [6, 6.07) is 4.62. The highest BCUT2D eigenvalue weighted by Gasteiger charge is 2.13.